The molecular formula is C13H15N3O2S. The molecule has 0 aliphatic rings. The minimum atomic E-state index is -0.933. The molecule has 2 heterocycles. The molecule has 2 aromatic heterocycles. The molecule has 5 nitrogen and oxygen atoms in total. The molecule has 1 N–H and O–H groups in total. The third kappa shape index (κ3) is 3.35. The quantitative estimate of drug-likeness (QED) is 0.930. The number of aromatic carboxylic acids is 1. The maximum absolute atomic E-state index is 11.1. The van der Waals surface area contributed by atoms with E-state index in [4.69, 9.17) is 5.11 Å². The van der Waals surface area contributed by atoms with Crippen molar-refractivity contribution >= 4 is 17.7 Å². The summed E-state index contributed by atoms with van der Waals surface area (Å²) >= 11 is 1.41. The van der Waals surface area contributed by atoms with E-state index in [0.29, 0.717) is 5.03 Å². The first-order chi connectivity index (χ1) is 8.95. The minimum Gasteiger partial charge on any atom is -0.478 e. The molecule has 0 bridgehead atoms. The minimum absolute atomic E-state index is 0.188. The number of aryl methyl sites for hydroxylation is 1. The maximum Gasteiger partial charge on any atom is 0.335 e. The van der Waals surface area contributed by atoms with Crippen LogP contribution in [0.15, 0.2) is 34.4 Å². The molecule has 0 fully saturated rings. The van der Waals surface area contributed by atoms with Gasteiger partial charge in [0.05, 0.1) is 16.7 Å². The van der Waals surface area contributed by atoms with Gasteiger partial charge in [0.15, 0.2) is 0 Å². The van der Waals surface area contributed by atoms with Crippen LogP contribution in [0, 0.1) is 0 Å². The van der Waals surface area contributed by atoms with Gasteiger partial charge in [0.2, 0.25) is 0 Å². The van der Waals surface area contributed by atoms with Gasteiger partial charge in [-0.3, -0.25) is 4.68 Å². The van der Waals surface area contributed by atoms with Crippen LogP contribution in [0.2, 0.25) is 0 Å². The number of hydrogen-bond acceptors (Lipinski definition) is 4. The second kappa shape index (κ2) is 5.44. The van der Waals surface area contributed by atoms with Gasteiger partial charge in [-0.1, -0.05) is 25.6 Å². The highest BCUT2D eigenvalue weighted by Crippen LogP contribution is 2.28. The van der Waals surface area contributed by atoms with Crippen molar-refractivity contribution in [2.75, 3.05) is 0 Å². The van der Waals surface area contributed by atoms with Crippen molar-refractivity contribution < 1.29 is 9.90 Å². The van der Waals surface area contributed by atoms with Gasteiger partial charge in [0.1, 0.15) is 5.03 Å². The second-order valence-electron chi connectivity index (χ2n) is 4.53. The molecule has 0 aliphatic carbocycles. The molecule has 6 heteroatoms. The Morgan fingerprint density at radius 3 is 2.68 bits per heavy atom. The van der Waals surface area contributed by atoms with Gasteiger partial charge < -0.3 is 5.11 Å². The summed E-state index contributed by atoms with van der Waals surface area (Å²) < 4.78 is 1.70. The molecule has 19 heavy (non-hydrogen) atoms. The SMILES string of the molecule is CC(C)c1cc(C(=O)O)cc(Sc2cnn(C)c2)n1. The average Bonchev–Trinajstić information content (AvgIpc) is 2.74. The number of carboxylic acid groups (broad SMARTS) is 1. The number of carboxylic acids is 1. The Balaban J connectivity index is 2.36. The molecule has 0 saturated carbocycles. The fraction of sp³-hybridized carbons (Fsp3) is 0.308. The van der Waals surface area contributed by atoms with Crippen LogP contribution < -0.4 is 0 Å². The van der Waals surface area contributed by atoms with Crippen molar-refractivity contribution in [1.29, 1.82) is 0 Å². The summed E-state index contributed by atoms with van der Waals surface area (Å²) in [6.45, 7) is 3.99. The van der Waals surface area contributed by atoms with Gasteiger partial charge in [0.25, 0.3) is 0 Å². The Labute approximate surface area is 115 Å². The summed E-state index contributed by atoms with van der Waals surface area (Å²) in [6.07, 6.45) is 3.60. The summed E-state index contributed by atoms with van der Waals surface area (Å²) in [5, 5.41) is 13.9. The van der Waals surface area contributed by atoms with E-state index < -0.39 is 5.97 Å². The normalized spacial score (nSPS) is 10.9. The number of carbonyl (C=O) groups is 1. The summed E-state index contributed by atoms with van der Waals surface area (Å²) in [6, 6.07) is 3.21. The zero-order valence-corrected chi connectivity index (χ0v) is 11.8. The van der Waals surface area contributed by atoms with Crippen molar-refractivity contribution in [1.82, 2.24) is 14.8 Å². The molecule has 2 rings (SSSR count). The highest BCUT2D eigenvalue weighted by Gasteiger charge is 2.12. The van der Waals surface area contributed by atoms with E-state index in [2.05, 4.69) is 10.1 Å². The highest BCUT2D eigenvalue weighted by molar-refractivity contribution is 7.99. The molecule has 0 aliphatic heterocycles. The van der Waals surface area contributed by atoms with Crippen LogP contribution >= 0.6 is 11.8 Å². The van der Waals surface area contributed by atoms with Crippen LogP contribution in [-0.2, 0) is 7.05 Å². The average molecular weight is 277 g/mol. The van der Waals surface area contributed by atoms with Crippen LogP contribution in [0.1, 0.15) is 35.8 Å². The number of aromatic nitrogens is 3. The lowest BCUT2D eigenvalue weighted by Gasteiger charge is -2.08. The summed E-state index contributed by atoms with van der Waals surface area (Å²) in [7, 11) is 1.84. The predicted molar refractivity (Wildman–Crippen MR) is 72.6 cm³/mol. The summed E-state index contributed by atoms with van der Waals surface area (Å²) in [5.74, 6) is -0.745. The molecule has 0 amide bonds. The predicted octanol–water partition coefficient (Wildman–Crippen LogP) is 2.79. The molecule has 0 saturated heterocycles. The lowest BCUT2D eigenvalue weighted by atomic mass is 10.1. The monoisotopic (exact) mass is 277 g/mol. The van der Waals surface area contributed by atoms with Crippen LogP contribution in [0.25, 0.3) is 0 Å². The van der Waals surface area contributed by atoms with E-state index in [9.17, 15) is 4.79 Å². The van der Waals surface area contributed by atoms with Crippen LogP contribution in [0.4, 0.5) is 0 Å². The van der Waals surface area contributed by atoms with Crippen molar-refractivity contribution in [3.05, 3.63) is 35.8 Å². The fourth-order valence-electron chi connectivity index (χ4n) is 1.57. The van der Waals surface area contributed by atoms with Crippen molar-refractivity contribution in [3.63, 3.8) is 0 Å². The molecule has 0 spiro atoms. The van der Waals surface area contributed by atoms with Crippen molar-refractivity contribution in [2.24, 2.45) is 7.05 Å². The van der Waals surface area contributed by atoms with E-state index in [1.807, 2.05) is 27.1 Å². The van der Waals surface area contributed by atoms with Gasteiger partial charge in [-0.15, -0.1) is 0 Å². The Morgan fingerprint density at radius 2 is 2.16 bits per heavy atom. The van der Waals surface area contributed by atoms with Gasteiger partial charge >= 0.3 is 5.97 Å². The second-order valence-corrected chi connectivity index (χ2v) is 5.62. The zero-order valence-electron chi connectivity index (χ0n) is 11.0. The Kier molecular flexibility index (Phi) is 3.90. The molecule has 0 unspecified atom stereocenters. The van der Waals surface area contributed by atoms with E-state index in [-0.39, 0.29) is 11.5 Å². The number of rotatable bonds is 4. The maximum atomic E-state index is 11.1. The lowest BCUT2D eigenvalue weighted by Crippen LogP contribution is -2.02. The first-order valence-corrected chi connectivity index (χ1v) is 6.69. The number of hydrogen-bond donors (Lipinski definition) is 1. The van der Waals surface area contributed by atoms with Crippen molar-refractivity contribution in [2.45, 2.75) is 29.7 Å². The van der Waals surface area contributed by atoms with Gasteiger partial charge in [-0.2, -0.15) is 5.10 Å². The van der Waals surface area contributed by atoms with Crippen LogP contribution in [0.5, 0.6) is 0 Å². The zero-order chi connectivity index (χ0) is 14.0. The van der Waals surface area contributed by atoms with Gasteiger partial charge in [-0.25, -0.2) is 9.78 Å². The molecule has 0 radical (unpaired) electrons. The standard InChI is InChI=1S/C13H15N3O2S/c1-8(2)11-4-9(13(17)18)5-12(15-11)19-10-6-14-16(3)7-10/h4-8H,1-3H3,(H,17,18). The van der Waals surface area contributed by atoms with Gasteiger partial charge in [0, 0.05) is 18.9 Å². The van der Waals surface area contributed by atoms with Crippen molar-refractivity contribution in [3.8, 4) is 0 Å². The third-order valence-electron chi connectivity index (χ3n) is 2.56. The van der Waals surface area contributed by atoms with E-state index >= 15 is 0 Å². The molecule has 0 aromatic carbocycles. The topological polar surface area (TPSA) is 68.0 Å². The number of nitrogens with zero attached hydrogens (tertiary/aromatic N) is 3. The number of pyridine rings is 1. The fourth-order valence-corrected chi connectivity index (χ4v) is 2.45. The lowest BCUT2D eigenvalue weighted by molar-refractivity contribution is 0.0696. The molecule has 2 aromatic rings. The highest BCUT2D eigenvalue weighted by atomic mass is 32.2. The van der Waals surface area contributed by atoms with E-state index in [1.165, 1.54) is 11.8 Å². The molecule has 100 valence electrons. The summed E-state index contributed by atoms with van der Waals surface area (Å²) in [4.78, 5) is 16.6. The first kappa shape index (κ1) is 13.6. The summed E-state index contributed by atoms with van der Waals surface area (Å²) in [5.41, 5.74) is 1.05. The Bertz CT molecular complexity index is 608. The van der Waals surface area contributed by atoms with E-state index in [1.54, 1.807) is 23.0 Å². The smallest absolute Gasteiger partial charge is 0.335 e. The Hall–Kier alpha value is -1.82. The van der Waals surface area contributed by atoms with Crippen LogP contribution in [-0.4, -0.2) is 25.8 Å². The third-order valence-corrected chi connectivity index (χ3v) is 3.43. The molecular weight excluding hydrogens is 262 g/mol. The van der Waals surface area contributed by atoms with Gasteiger partial charge in [-0.05, 0) is 18.1 Å². The van der Waals surface area contributed by atoms with E-state index in [0.717, 1.165) is 10.6 Å². The van der Waals surface area contributed by atoms with Crippen LogP contribution in [0.3, 0.4) is 0 Å². The Morgan fingerprint density at radius 1 is 1.42 bits per heavy atom. The largest absolute Gasteiger partial charge is 0.478 e. The first-order valence-electron chi connectivity index (χ1n) is 5.87. The molecule has 0 atom stereocenters.